The maximum absolute atomic E-state index is 13.7. The Hall–Kier alpha value is -1.67. The molecule has 0 saturated carbocycles. The van der Waals surface area contributed by atoms with Gasteiger partial charge in [-0.05, 0) is 46.6 Å². The summed E-state index contributed by atoms with van der Waals surface area (Å²) >= 11 is 2.85. The van der Waals surface area contributed by atoms with Crippen LogP contribution in [0, 0.1) is 18.6 Å². The minimum absolute atomic E-state index is 0.189. The molecule has 0 bridgehead atoms. The minimum atomic E-state index is -4.22. The molecule has 0 aliphatic carbocycles. The first-order valence-corrected chi connectivity index (χ1v) is 8.02. The number of benzene rings is 2. The highest BCUT2D eigenvalue weighted by Crippen LogP contribution is 2.28. The number of sulfonamides is 1. The molecule has 0 saturated heterocycles. The van der Waals surface area contributed by atoms with Gasteiger partial charge in [0.25, 0.3) is 10.0 Å². The van der Waals surface area contributed by atoms with Crippen LogP contribution in [0.5, 0.6) is 0 Å². The van der Waals surface area contributed by atoms with Gasteiger partial charge in [-0.25, -0.2) is 17.2 Å². The molecule has 0 fully saturated rings. The van der Waals surface area contributed by atoms with Crippen molar-refractivity contribution in [2.75, 3.05) is 10.5 Å². The third-order valence-corrected chi connectivity index (χ3v) is 5.11. The maximum Gasteiger partial charge on any atom is 0.265 e. The fourth-order valence-electron chi connectivity index (χ4n) is 1.70. The molecule has 4 nitrogen and oxygen atoms in total. The molecule has 0 aromatic heterocycles. The molecule has 0 heterocycles. The van der Waals surface area contributed by atoms with E-state index >= 15 is 0 Å². The normalized spacial score (nSPS) is 11.4. The predicted octanol–water partition coefficient (Wildman–Crippen LogP) is 3.42. The molecule has 21 heavy (non-hydrogen) atoms. The van der Waals surface area contributed by atoms with E-state index in [1.165, 1.54) is 12.1 Å². The summed E-state index contributed by atoms with van der Waals surface area (Å²) in [5, 5.41) is 0. The summed E-state index contributed by atoms with van der Waals surface area (Å²) in [4.78, 5) is -0.664. The standard InChI is InChI=1S/C13H11BrF2N2O2S/c1-7-2-3-9(6-12(7)17)18-21(19,20)13-10(14)4-8(15)5-11(13)16/h2-6,18H,17H2,1H3. The average molecular weight is 377 g/mol. The molecule has 0 aliphatic heterocycles. The number of nitrogens with two attached hydrogens (primary N) is 1. The van der Waals surface area contributed by atoms with Crippen LogP contribution < -0.4 is 10.5 Å². The minimum Gasteiger partial charge on any atom is -0.398 e. The lowest BCUT2D eigenvalue weighted by Crippen LogP contribution is -2.15. The summed E-state index contributed by atoms with van der Waals surface area (Å²) in [5.41, 5.74) is 7.06. The summed E-state index contributed by atoms with van der Waals surface area (Å²) in [7, 11) is -4.22. The van der Waals surface area contributed by atoms with E-state index in [4.69, 9.17) is 5.73 Å². The van der Waals surface area contributed by atoms with Crippen LogP contribution in [0.25, 0.3) is 0 Å². The number of hydrogen-bond acceptors (Lipinski definition) is 3. The fourth-order valence-corrected chi connectivity index (χ4v) is 3.91. The molecule has 0 radical (unpaired) electrons. The lowest BCUT2D eigenvalue weighted by molar-refractivity contribution is 0.548. The first kappa shape index (κ1) is 15.7. The smallest absolute Gasteiger partial charge is 0.265 e. The number of halogens is 3. The average Bonchev–Trinajstić information content (AvgIpc) is 2.31. The van der Waals surface area contributed by atoms with Crippen molar-refractivity contribution in [2.45, 2.75) is 11.8 Å². The van der Waals surface area contributed by atoms with Crippen LogP contribution in [0.1, 0.15) is 5.56 Å². The number of nitrogen functional groups attached to an aromatic ring is 1. The summed E-state index contributed by atoms with van der Waals surface area (Å²) in [6.45, 7) is 1.77. The number of aryl methyl sites for hydroxylation is 1. The summed E-state index contributed by atoms with van der Waals surface area (Å²) in [6.07, 6.45) is 0. The van der Waals surface area contributed by atoms with E-state index in [-0.39, 0.29) is 10.2 Å². The Balaban J connectivity index is 2.46. The van der Waals surface area contributed by atoms with Gasteiger partial charge in [0.05, 0.1) is 5.69 Å². The maximum atomic E-state index is 13.7. The van der Waals surface area contributed by atoms with Gasteiger partial charge >= 0.3 is 0 Å². The highest BCUT2D eigenvalue weighted by molar-refractivity contribution is 9.10. The molecular weight excluding hydrogens is 366 g/mol. The summed E-state index contributed by atoms with van der Waals surface area (Å²) in [5.74, 6) is -2.06. The van der Waals surface area contributed by atoms with Crippen molar-refractivity contribution >= 4 is 37.3 Å². The second-order valence-corrected chi connectivity index (χ2v) is 6.85. The zero-order chi connectivity index (χ0) is 15.8. The second kappa shape index (κ2) is 5.61. The Morgan fingerprint density at radius 3 is 2.43 bits per heavy atom. The van der Waals surface area contributed by atoms with Crippen molar-refractivity contribution in [2.24, 2.45) is 0 Å². The van der Waals surface area contributed by atoms with Gasteiger partial charge in [-0.15, -0.1) is 0 Å². The Bertz CT molecular complexity index is 787. The van der Waals surface area contributed by atoms with Gasteiger partial charge in [0.15, 0.2) is 0 Å². The van der Waals surface area contributed by atoms with Crippen LogP contribution in [0.2, 0.25) is 0 Å². The van der Waals surface area contributed by atoms with Gasteiger partial charge in [0.2, 0.25) is 0 Å². The van der Waals surface area contributed by atoms with Gasteiger partial charge in [0.1, 0.15) is 16.5 Å². The molecule has 2 rings (SSSR count). The van der Waals surface area contributed by atoms with E-state index in [1.54, 1.807) is 13.0 Å². The zero-order valence-corrected chi connectivity index (χ0v) is 13.2. The highest BCUT2D eigenvalue weighted by Gasteiger charge is 2.24. The van der Waals surface area contributed by atoms with Gasteiger partial charge in [0, 0.05) is 16.2 Å². The Kier molecular flexibility index (Phi) is 4.20. The predicted molar refractivity (Wildman–Crippen MR) is 80.5 cm³/mol. The Labute approximate surface area is 129 Å². The molecule has 0 aliphatic rings. The molecule has 0 atom stereocenters. The van der Waals surface area contributed by atoms with E-state index in [0.29, 0.717) is 11.8 Å². The molecule has 0 spiro atoms. The quantitative estimate of drug-likeness (QED) is 0.806. The van der Waals surface area contributed by atoms with Crippen molar-refractivity contribution in [1.29, 1.82) is 0 Å². The van der Waals surface area contributed by atoms with Crippen LogP contribution >= 0.6 is 15.9 Å². The number of hydrogen-bond donors (Lipinski definition) is 2. The van der Waals surface area contributed by atoms with Crippen LogP contribution in [0.3, 0.4) is 0 Å². The topological polar surface area (TPSA) is 72.2 Å². The second-order valence-electron chi connectivity index (χ2n) is 4.38. The first-order valence-electron chi connectivity index (χ1n) is 5.74. The van der Waals surface area contributed by atoms with E-state index in [9.17, 15) is 17.2 Å². The van der Waals surface area contributed by atoms with Crippen molar-refractivity contribution in [1.82, 2.24) is 0 Å². The third-order valence-electron chi connectivity index (χ3n) is 2.76. The lowest BCUT2D eigenvalue weighted by atomic mass is 10.2. The number of anilines is 2. The van der Waals surface area contributed by atoms with Gasteiger partial charge in [-0.1, -0.05) is 6.07 Å². The van der Waals surface area contributed by atoms with Crippen LogP contribution in [0.15, 0.2) is 39.7 Å². The number of rotatable bonds is 3. The molecule has 0 unspecified atom stereocenters. The van der Waals surface area contributed by atoms with Gasteiger partial charge in [-0.3, -0.25) is 4.72 Å². The van der Waals surface area contributed by atoms with Crippen molar-refractivity contribution in [3.05, 3.63) is 52.0 Å². The van der Waals surface area contributed by atoms with E-state index < -0.39 is 26.6 Å². The summed E-state index contributed by atoms with van der Waals surface area (Å²) in [6, 6.07) is 5.92. The fraction of sp³-hybridized carbons (Fsp3) is 0.0769. The van der Waals surface area contributed by atoms with Crippen molar-refractivity contribution < 1.29 is 17.2 Å². The van der Waals surface area contributed by atoms with E-state index in [2.05, 4.69) is 20.7 Å². The SMILES string of the molecule is Cc1ccc(NS(=O)(=O)c2c(F)cc(F)cc2Br)cc1N. The molecule has 2 aromatic carbocycles. The molecule has 2 aromatic rings. The lowest BCUT2D eigenvalue weighted by Gasteiger charge is -2.11. The molecule has 0 amide bonds. The van der Waals surface area contributed by atoms with E-state index in [0.717, 1.165) is 11.6 Å². The first-order chi connectivity index (χ1) is 9.70. The van der Waals surface area contributed by atoms with Gasteiger partial charge in [-0.2, -0.15) is 0 Å². The Morgan fingerprint density at radius 2 is 1.86 bits per heavy atom. The van der Waals surface area contributed by atoms with Crippen LogP contribution in [-0.2, 0) is 10.0 Å². The largest absolute Gasteiger partial charge is 0.398 e. The molecule has 8 heteroatoms. The molecule has 3 N–H and O–H groups in total. The Morgan fingerprint density at radius 1 is 1.19 bits per heavy atom. The zero-order valence-electron chi connectivity index (χ0n) is 10.8. The van der Waals surface area contributed by atoms with Crippen LogP contribution in [-0.4, -0.2) is 8.42 Å². The molecular formula is C13H11BrF2N2O2S. The van der Waals surface area contributed by atoms with Crippen molar-refractivity contribution in [3.63, 3.8) is 0 Å². The highest BCUT2D eigenvalue weighted by atomic mass is 79.9. The van der Waals surface area contributed by atoms with Crippen molar-refractivity contribution in [3.8, 4) is 0 Å². The molecule has 112 valence electrons. The van der Waals surface area contributed by atoms with Gasteiger partial charge < -0.3 is 5.73 Å². The third kappa shape index (κ3) is 3.33. The van der Waals surface area contributed by atoms with E-state index in [1.807, 2.05) is 0 Å². The summed E-state index contributed by atoms with van der Waals surface area (Å²) < 4.78 is 53.2. The monoisotopic (exact) mass is 376 g/mol. The number of nitrogens with one attached hydrogen (secondary N) is 1. The van der Waals surface area contributed by atoms with Crippen LogP contribution in [0.4, 0.5) is 20.2 Å².